The minimum Gasteiger partial charge on any atom is -0.368 e. The number of carbonyl (C=O) groups is 1. The molecule has 0 fully saturated rings. The van der Waals surface area contributed by atoms with Crippen LogP contribution < -0.4 is 16.0 Å². The van der Waals surface area contributed by atoms with Crippen molar-refractivity contribution < 1.29 is 9.18 Å². The molecule has 0 aliphatic carbocycles. The van der Waals surface area contributed by atoms with Gasteiger partial charge in [0.2, 0.25) is 5.95 Å². The van der Waals surface area contributed by atoms with E-state index in [1.54, 1.807) is 24.5 Å². The molecule has 0 radical (unpaired) electrons. The molecule has 0 saturated carbocycles. The van der Waals surface area contributed by atoms with Gasteiger partial charge in [-0.2, -0.15) is 4.98 Å². The smallest absolute Gasteiger partial charge is 0.270 e. The molecule has 0 atom stereocenters. The first-order chi connectivity index (χ1) is 18.1. The predicted octanol–water partition coefficient (Wildman–Crippen LogP) is 5.57. The second-order valence-electron chi connectivity index (χ2n) is 8.00. The summed E-state index contributed by atoms with van der Waals surface area (Å²) in [6.45, 7) is 0.861. The Morgan fingerprint density at radius 1 is 0.892 bits per heavy atom. The fraction of sp³-hybridized carbons (Fsp3) is 0.0741. The number of anilines is 3. The van der Waals surface area contributed by atoms with E-state index in [0.717, 1.165) is 15.9 Å². The fourth-order valence-electron chi connectivity index (χ4n) is 3.66. The van der Waals surface area contributed by atoms with Crippen molar-refractivity contribution in [2.75, 3.05) is 23.7 Å². The molecule has 5 rings (SSSR count). The van der Waals surface area contributed by atoms with Gasteiger partial charge in [0.05, 0.1) is 0 Å². The third kappa shape index (κ3) is 5.87. The molecule has 1 amide bonds. The third-order valence-electron chi connectivity index (χ3n) is 5.43. The lowest BCUT2D eigenvalue weighted by molar-refractivity contribution is 0.0951. The van der Waals surface area contributed by atoms with E-state index in [1.807, 2.05) is 48.5 Å². The highest BCUT2D eigenvalue weighted by atomic mass is 79.9. The zero-order chi connectivity index (χ0) is 25.6. The van der Waals surface area contributed by atoms with E-state index in [2.05, 4.69) is 51.8 Å². The number of halogens is 2. The quantitative estimate of drug-likeness (QED) is 0.214. The second kappa shape index (κ2) is 11.1. The first-order valence-electron chi connectivity index (χ1n) is 11.5. The predicted molar refractivity (Wildman–Crippen MR) is 145 cm³/mol. The minimum absolute atomic E-state index is 0.240. The summed E-state index contributed by atoms with van der Waals surface area (Å²) < 4.78 is 14.1. The molecule has 5 aromatic rings. The summed E-state index contributed by atoms with van der Waals surface area (Å²) in [5, 5.41) is 9.79. The van der Waals surface area contributed by atoms with E-state index in [1.165, 1.54) is 12.1 Å². The summed E-state index contributed by atoms with van der Waals surface area (Å²) in [5.74, 6) is 0.345. The number of aromatic nitrogens is 4. The van der Waals surface area contributed by atoms with Gasteiger partial charge in [-0.1, -0.05) is 40.2 Å². The Morgan fingerprint density at radius 2 is 1.70 bits per heavy atom. The Hall–Kier alpha value is -4.44. The van der Waals surface area contributed by atoms with Crippen molar-refractivity contribution in [1.29, 1.82) is 0 Å². The number of hydrogen-bond donors (Lipinski definition) is 3. The largest absolute Gasteiger partial charge is 0.368 e. The molecule has 0 saturated heterocycles. The number of pyridine rings is 2. The first kappa shape index (κ1) is 24.3. The van der Waals surface area contributed by atoms with Gasteiger partial charge >= 0.3 is 0 Å². The summed E-state index contributed by atoms with van der Waals surface area (Å²) >= 11 is 3.58. The number of nitrogens with zero attached hydrogens (tertiary/aromatic N) is 4. The molecule has 0 aliphatic rings. The van der Waals surface area contributed by atoms with Gasteiger partial charge in [0.25, 0.3) is 5.91 Å². The molecule has 3 aromatic heterocycles. The lowest BCUT2D eigenvalue weighted by atomic mass is 10.0. The number of hydrogen-bond acceptors (Lipinski definition) is 7. The molecule has 10 heteroatoms. The summed E-state index contributed by atoms with van der Waals surface area (Å²) in [6, 6.07) is 20.9. The molecular weight excluding hydrogens is 537 g/mol. The van der Waals surface area contributed by atoms with Crippen LogP contribution in [0.3, 0.4) is 0 Å². The molecule has 0 spiro atoms. The lowest BCUT2D eigenvalue weighted by Gasteiger charge is -2.13. The maximum absolute atomic E-state index is 13.3. The maximum atomic E-state index is 13.3. The van der Waals surface area contributed by atoms with Crippen LogP contribution in [0.5, 0.6) is 0 Å². The van der Waals surface area contributed by atoms with Gasteiger partial charge in [-0.3, -0.25) is 4.79 Å². The van der Waals surface area contributed by atoms with Crippen LogP contribution >= 0.6 is 15.9 Å². The summed E-state index contributed by atoms with van der Waals surface area (Å²) in [5.41, 5.74) is 2.69. The Bertz CT molecular complexity index is 1550. The minimum atomic E-state index is -0.336. The van der Waals surface area contributed by atoms with Crippen molar-refractivity contribution in [3.05, 3.63) is 101 Å². The van der Waals surface area contributed by atoms with Crippen LogP contribution in [0, 0.1) is 5.82 Å². The lowest BCUT2D eigenvalue weighted by Crippen LogP contribution is -2.30. The van der Waals surface area contributed by atoms with E-state index < -0.39 is 0 Å². The van der Waals surface area contributed by atoms with Crippen LogP contribution in [0.1, 0.15) is 10.5 Å². The first-order valence-corrected chi connectivity index (χ1v) is 12.2. The van der Waals surface area contributed by atoms with Crippen molar-refractivity contribution in [2.24, 2.45) is 0 Å². The number of carbonyl (C=O) groups excluding carboxylic acids is 1. The van der Waals surface area contributed by atoms with E-state index in [9.17, 15) is 9.18 Å². The van der Waals surface area contributed by atoms with Gasteiger partial charge in [-0.25, -0.2) is 19.3 Å². The summed E-state index contributed by atoms with van der Waals surface area (Å²) in [4.78, 5) is 31.0. The topological polar surface area (TPSA) is 105 Å². The van der Waals surface area contributed by atoms with Crippen molar-refractivity contribution in [3.63, 3.8) is 0 Å². The van der Waals surface area contributed by atoms with Gasteiger partial charge in [0, 0.05) is 46.6 Å². The van der Waals surface area contributed by atoms with E-state index in [-0.39, 0.29) is 23.4 Å². The normalized spacial score (nSPS) is 10.8. The molecule has 3 N–H and O–H groups in total. The average Bonchev–Trinajstić information content (AvgIpc) is 2.92. The average molecular weight is 558 g/mol. The van der Waals surface area contributed by atoms with Crippen LogP contribution in [0.15, 0.2) is 89.7 Å². The Labute approximate surface area is 220 Å². The van der Waals surface area contributed by atoms with Gasteiger partial charge in [0.15, 0.2) is 5.65 Å². The Morgan fingerprint density at radius 3 is 2.49 bits per heavy atom. The van der Waals surface area contributed by atoms with E-state index >= 15 is 0 Å². The Kier molecular flexibility index (Phi) is 7.27. The Balaban J connectivity index is 1.43. The van der Waals surface area contributed by atoms with E-state index in [4.69, 9.17) is 0 Å². The molecule has 184 valence electrons. The molecule has 0 bridgehead atoms. The highest BCUT2D eigenvalue weighted by molar-refractivity contribution is 9.10. The number of benzene rings is 2. The molecular formula is C27H21BrFN7O. The maximum Gasteiger partial charge on any atom is 0.270 e. The van der Waals surface area contributed by atoms with Gasteiger partial charge in [-0.05, 0) is 54.1 Å². The van der Waals surface area contributed by atoms with Crippen molar-refractivity contribution >= 4 is 50.3 Å². The molecule has 0 aliphatic heterocycles. The highest BCUT2D eigenvalue weighted by Crippen LogP contribution is 2.32. The molecule has 3 heterocycles. The SMILES string of the molecule is O=C(NCCNc1ccccn1)c1nc2nc(Nc3ccc(F)cc3)ncc2cc1-c1ccccc1Br. The van der Waals surface area contributed by atoms with E-state index in [0.29, 0.717) is 35.4 Å². The van der Waals surface area contributed by atoms with Crippen molar-refractivity contribution in [3.8, 4) is 11.1 Å². The molecule has 8 nitrogen and oxygen atoms in total. The molecule has 2 aromatic carbocycles. The van der Waals surface area contributed by atoms with Crippen LogP contribution in [0.25, 0.3) is 22.2 Å². The van der Waals surface area contributed by atoms with Crippen LogP contribution in [-0.4, -0.2) is 38.9 Å². The summed E-state index contributed by atoms with van der Waals surface area (Å²) in [6.07, 6.45) is 3.34. The van der Waals surface area contributed by atoms with Crippen LogP contribution in [0.4, 0.5) is 21.8 Å². The third-order valence-corrected chi connectivity index (χ3v) is 6.12. The monoisotopic (exact) mass is 557 g/mol. The summed E-state index contributed by atoms with van der Waals surface area (Å²) in [7, 11) is 0. The standard InChI is InChI=1S/C27H21BrFN7O/c28-22-6-2-1-5-20(22)21-15-17-16-33-27(34-19-10-8-18(29)9-11-19)36-25(17)35-24(21)26(37)32-14-13-31-23-7-3-4-12-30-23/h1-12,15-16H,13-14H2,(H,30,31)(H,32,37)(H,33,34,35,36). The number of rotatable bonds is 8. The zero-order valence-electron chi connectivity index (χ0n) is 19.5. The van der Waals surface area contributed by atoms with Crippen molar-refractivity contribution in [2.45, 2.75) is 0 Å². The fourth-order valence-corrected chi connectivity index (χ4v) is 4.16. The molecule has 0 unspecified atom stereocenters. The van der Waals surface area contributed by atoms with Gasteiger partial charge in [-0.15, -0.1) is 0 Å². The van der Waals surface area contributed by atoms with Gasteiger partial charge in [0.1, 0.15) is 17.3 Å². The molecule has 37 heavy (non-hydrogen) atoms. The zero-order valence-corrected chi connectivity index (χ0v) is 21.0. The van der Waals surface area contributed by atoms with Crippen LogP contribution in [0.2, 0.25) is 0 Å². The number of nitrogens with one attached hydrogen (secondary N) is 3. The second-order valence-corrected chi connectivity index (χ2v) is 8.85. The number of fused-ring (bicyclic) bond motifs is 1. The van der Waals surface area contributed by atoms with Gasteiger partial charge < -0.3 is 16.0 Å². The van der Waals surface area contributed by atoms with Crippen molar-refractivity contribution in [1.82, 2.24) is 25.3 Å². The van der Waals surface area contributed by atoms with Crippen LogP contribution in [-0.2, 0) is 0 Å². The highest BCUT2D eigenvalue weighted by Gasteiger charge is 2.19. The number of amides is 1.